The fraction of sp³-hybridized carbons (Fsp3) is 0.385. The molecule has 0 spiro atoms. The number of nitrogens with one attached hydrogen (secondary N) is 4. The first-order valence-corrected chi connectivity index (χ1v) is 11.3. The molecule has 2 heterocycles. The van der Waals surface area contributed by atoms with Gasteiger partial charge in [0.25, 0.3) is 0 Å². The predicted octanol–water partition coefficient (Wildman–Crippen LogP) is 6.84. The van der Waals surface area contributed by atoms with E-state index < -0.39 is 0 Å². The molecule has 0 atom stereocenters. The smallest absolute Gasteiger partial charge is 0.154 e. The van der Waals surface area contributed by atoms with Crippen LogP contribution in [0.5, 0.6) is 0 Å². The molecule has 0 unspecified atom stereocenters. The average Bonchev–Trinajstić information content (AvgIpc) is 2.69. The molecule has 0 fully saturated rings. The molecule has 0 bridgehead atoms. The van der Waals surface area contributed by atoms with E-state index in [9.17, 15) is 0 Å². The van der Waals surface area contributed by atoms with Crippen LogP contribution in [0.2, 0.25) is 0 Å². The zero-order valence-electron chi connectivity index (χ0n) is 20.5. The number of aryl methyl sites for hydroxylation is 4. The molecule has 170 valence electrons. The summed E-state index contributed by atoms with van der Waals surface area (Å²) in [6.07, 6.45) is 0. The highest BCUT2D eigenvalue weighted by Crippen LogP contribution is 2.33. The van der Waals surface area contributed by atoms with E-state index in [2.05, 4.69) is 87.1 Å². The van der Waals surface area contributed by atoms with Gasteiger partial charge in [-0.15, -0.1) is 0 Å². The number of anilines is 6. The first-order chi connectivity index (χ1) is 15.1. The second-order valence-corrected chi connectivity index (χ2v) is 9.03. The Kier molecular flexibility index (Phi) is 7.23. The lowest BCUT2D eigenvalue weighted by atomic mass is 10.1. The highest BCUT2D eigenvalue weighted by atomic mass is 15.1. The van der Waals surface area contributed by atoms with E-state index in [0.717, 1.165) is 56.9 Å². The van der Waals surface area contributed by atoms with Gasteiger partial charge < -0.3 is 21.3 Å². The van der Waals surface area contributed by atoms with Crippen LogP contribution in [0, 0.1) is 27.7 Å². The molecule has 0 aliphatic heterocycles. The van der Waals surface area contributed by atoms with Crippen molar-refractivity contribution in [2.75, 3.05) is 21.3 Å². The Labute approximate surface area is 192 Å². The van der Waals surface area contributed by atoms with Crippen LogP contribution in [0.3, 0.4) is 0 Å². The minimum absolute atomic E-state index is 0.315. The normalized spacial score (nSPS) is 11.1. The van der Waals surface area contributed by atoms with E-state index in [1.807, 2.05) is 26.0 Å². The predicted molar refractivity (Wildman–Crippen MR) is 138 cm³/mol. The van der Waals surface area contributed by atoms with Crippen molar-refractivity contribution in [3.63, 3.8) is 0 Å². The number of hydrogen-bond donors (Lipinski definition) is 4. The minimum Gasteiger partial charge on any atom is -0.380 e. The molecule has 0 radical (unpaired) electrons. The van der Waals surface area contributed by atoms with Gasteiger partial charge in [0.2, 0.25) is 0 Å². The molecular weight excluding hydrogens is 396 g/mol. The molecule has 3 aromatic rings. The Morgan fingerprint density at radius 3 is 1.34 bits per heavy atom. The third kappa shape index (κ3) is 5.90. The molecule has 6 heteroatoms. The lowest BCUT2D eigenvalue weighted by molar-refractivity contribution is 0.897. The second kappa shape index (κ2) is 9.90. The van der Waals surface area contributed by atoms with Gasteiger partial charge in [-0.1, -0.05) is 6.07 Å². The van der Waals surface area contributed by atoms with E-state index >= 15 is 0 Å². The molecule has 1 aromatic carbocycles. The second-order valence-electron chi connectivity index (χ2n) is 9.03. The van der Waals surface area contributed by atoms with Crippen LogP contribution in [-0.4, -0.2) is 22.1 Å². The van der Waals surface area contributed by atoms with Gasteiger partial charge in [0.15, 0.2) is 11.6 Å². The summed E-state index contributed by atoms with van der Waals surface area (Å²) in [5.41, 5.74) is 8.25. The van der Waals surface area contributed by atoms with Crippen molar-refractivity contribution in [2.45, 2.75) is 67.5 Å². The summed E-state index contributed by atoms with van der Waals surface area (Å²) in [6.45, 7) is 16.7. The molecule has 0 amide bonds. The van der Waals surface area contributed by atoms with Crippen LogP contribution >= 0.6 is 0 Å². The maximum Gasteiger partial charge on any atom is 0.154 e. The van der Waals surface area contributed by atoms with Crippen molar-refractivity contribution in [3.8, 4) is 0 Å². The Morgan fingerprint density at radius 2 is 0.969 bits per heavy atom. The van der Waals surface area contributed by atoms with Gasteiger partial charge in [-0.25, -0.2) is 9.97 Å². The maximum atomic E-state index is 4.74. The summed E-state index contributed by atoms with van der Waals surface area (Å²) in [4.78, 5) is 9.48. The van der Waals surface area contributed by atoms with Crippen LogP contribution in [-0.2, 0) is 0 Å². The van der Waals surface area contributed by atoms with Crippen molar-refractivity contribution >= 4 is 34.4 Å². The molecule has 0 saturated carbocycles. The monoisotopic (exact) mass is 432 g/mol. The number of rotatable bonds is 8. The van der Waals surface area contributed by atoms with E-state index in [-0.39, 0.29) is 0 Å². The fourth-order valence-corrected chi connectivity index (χ4v) is 3.54. The number of benzene rings is 1. The molecule has 2 aromatic heterocycles. The summed E-state index contributed by atoms with van der Waals surface area (Å²) in [5.74, 6) is 1.65. The van der Waals surface area contributed by atoms with Crippen LogP contribution < -0.4 is 21.3 Å². The minimum atomic E-state index is 0.315. The summed E-state index contributed by atoms with van der Waals surface area (Å²) >= 11 is 0. The summed E-state index contributed by atoms with van der Waals surface area (Å²) < 4.78 is 0. The zero-order chi connectivity index (χ0) is 23.4. The SMILES string of the molecule is Cc1ccc(NC(C)C)c(Nc2cc(Nc3nc(C)ccc3NC(C)C)c(C)cc2C)n1. The van der Waals surface area contributed by atoms with Gasteiger partial charge >= 0.3 is 0 Å². The van der Waals surface area contributed by atoms with Gasteiger partial charge in [0.05, 0.1) is 11.4 Å². The van der Waals surface area contributed by atoms with Crippen LogP contribution in [0.25, 0.3) is 0 Å². The van der Waals surface area contributed by atoms with Crippen LogP contribution in [0.4, 0.5) is 34.4 Å². The van der Waals surface area contributed by atoms with E-state index in [1.54, 1.807) is 0 Å². The van der Waals surface area contributed by atoms with E-state index in [1.165, 1.54) is 0 Å². The molecule has 0 saturated heterocycles. The fourth-order valence-electron chi connectivity index (χ4n) is 3.54. The van der Waals surface area contributed by atoms with E-state index in [0.29, 0.717) is 12.1 Å². The molecule has 3 rings (SSSR count). The average molecular weight is 433 g/mol. The first-order valence-electron chi connectivity index (χ1n) is 11.3. The van der Waals surface area contributed by atoms with Gasteiger partial charge in [0, 0.05) is 34.8 Å². The third-order valence-electron chi connectivity index (χ3n) is 5.03. The third-order valence-corrected chi connectivity index (χ3v) is 5.03. The lowest BCUT2D eigenvalue weighted by Crippen LogP contribution is -2.13. The standard InChI is InChI=1S/C26H36N6/c1-15(2)27-21-11-9-19(7)29-25(21)31-23-14-24(18(6)13-17(23)5)32-26-22(28-16(3)4)12-10-20(8)30-26/h9-16,27-28H,1-8H3,(H,29,31)(H,30,32). The number of pyridine rings is 2. The van der Waals surface area contributed by atoms with Crippen LogP contribution in [0.1, 0.15) is 50.2 Å². The number of nitrogens with zero attached hydrogens (tertiary/aromatic N) is 2. The molecule has 6 nitrogen and oxygen atoms in total. The van der Waals surface area contributed by atoms with Crippen molar-refractivity contribution in [3.05, 3.63) is 58.9 Å². The van der Waals surface area contributed by atoms with Crippen molar-refractivity contribution in [2.24, 2.45) is 0 Å². The molecule has 0 aliphatic carbocycles. The first kappa shape index (κ1) is 23.4. The Hall–Kier alpha value is -3.28. The lowest BCUT2D eigenvalue weighted by Gasteiger charge is -2.20. The van der Waals surface area contributed by atoms with Crippen molar-refractivity contribution in [1.82, 2.24) is 9.97 Å². The quantitative estimate of drug-likeness (QED) is 0.312. The summed E-state index contributed by atoms with van der Waals surface area (Å²) in [6, 6.07) is 13.2. The topological polar surface area (TPSA) is 73.9 Å². The molecule has 0 aliphatic rings. The molecule has 4 N–H and O–H groups in total. The van der Waals surface area contributed by atoms with E-state index in [4.69, 9.17) is 9.97 Å². The van der Waals surface area contributed by atoms with Gasteiger partial charge in [-0.05, 0) is 96.8 Å². The highest BCUT2D eigenvalue weighted by Gasteiger charge is 2.12. The summed E-state index contributed by atoms with van der Waals surface area (Å²) in [5, 5.41) is 14.1. The van der Waals surface area contributed by atoms with Gasteiger partial charge in [0.1, 0.15) is 0 Å². The number of hydrogen-bond acceptors (Lipinski definition) is 6. The van der Waals surface area contributed by atoms with Crippen molar-refractivity contribution < 1.29 is 0 Å². The number of aromatic nitrogens is 2. The summed E-state index contributed by atoms with van der Waals surface area (Å²) in [7, 11) is 0. The molecular formula is C26H36N6. The largest absolute Gasteiger partial charge is 0.380 e. The Balaban J connectivity index is 1.97. The zero-order valence-corrected chi connectivity index (χ0v) is 20.5. The Bertz CT molecular complexity index is 1010. The molecule has 32 heavy (non-hydrogen) atoms. The van der Waals surface area contributed by atoms with Crippen molar-refractivity contribution in [1.29, 1.82) is 0 Å². The van der Waals surface area contributed by atoms with Crippen LogP contribution in [0.15, 0.2) is 36.4 Å². The van der Waals surface area contributed by atoms with Gasteiger partial charge in [-0.3, -0.25) is 0 Å². The Morgan fingerprint density at radius 1 is 0.562 bits per heavy atom. The van der Waals surface area contributed by atoms with Gasteiger partial charge in [-0.2, -0.15) is 0 Å². The highest BCUT2D eigenvalue weighted by molar-refractivity contribution is 5.79. The maximum absolute atomic E-state index is 4.74.